The number of oxime groups is 1. The smallest absolute Gasteiger partial charge is 0.426 e. The lowest BCUT2D eigenvalue weighted by Crippen LogP contribution is -2.50. The first-order valence-corrected chi connectivity index (χ1v) is 8.68. The summed E-state index contributed by atoms with van der Waals surface area (Å²) in [5, 5.41) is 26.6. The Morgan fingerprint density at radius 2 is 2.19 bits per heavy atom. The topological polar surface area (TPSA) is 104 Å². The minimum Gasteiger partial charge on any atom is -0.426 e. The zero-order valence-electron chi connectivity index (χ0n) is 14.8. The van der Waals surface area contributed by atoms with Gasteiger partial charge in [0.05, 0.1) is 17.2 Å². The number of carbonyl (C=O) groups is 1. The van der Waals surface area contributed by atoms with E-state index in [2.05, 4.69) is 15.5 Å². The van der Waals surface area contributed by atoms with Crippen LogP contribution in [0.25, 0.3) is 10.9 Å². The van der Waals surface area contributed by atoms with Crippen LogP contribution in [-0.2, 0) is 9.63 Å². The monoisotopic (exact) mass is 355 g/mol. The van der Waals surface area contributed by atoms with Gasteiger partial charge in [0.2, 0.25) is 6.10 Å². The summed E-state index contributed by atoms with van der Waals surface area (Å²) in [6.07, 6.45) is 1.75. The van der Waals surface area contributed by atoms with Crippen molar-refractivity contribution in [1.82, 2.24) is 10.3 Å². The Morgan fingerprint density at radius 1 is 1.38 bits per heavy atom. The molecular formula is C18H22BN3O4. The highest BCUT2D eigenvalue weighted by molar-refractivity contribution is 6.43. The van der Waals surface area contributed by atoms with Crippen LogP contribution < -0.4 is 5.32 Å². The Kier molecular flexibility index (Phi) is 5.53. The highest BCUT2D eigenvalue weighted by Crippen LogP contribution is 2.21. The van der Waals surface area contributed by atoms with E-state index in [1.165, 1.54) is 0 Å². The van der Waals surface area contributed by atoms with Crippen molar-refractivity contribution < 1.29 is 19.7 Å². The van der Waals surface area contributed by atoms with E-state index in [-0.39, 0.29) is 5.92 Å². The standard InChI is InChI=1S/C18H22BN3O4/c1-11(2)8-17(19(24)25)21-18(23)16-10-15(22-26-16)13-5-6-14-12(9-13)4-3-7-20-14/h3-7,9,11,16-17,24-25H,8,10H2,1-2H3,(H,21,23). The molecule has 1 aliphatic heterocycles. The lowest BCUT2D eigenvalue weighted by Gasteiger charge is -2.20. The van der Waals surface area contributed by atoms with E-state index in [0.717, 1.165) is 16.5 Å². The molecule has 0 saturated heterocycles. The van der Waals surface area contributed by atoms with Crippen molar-refractivity contribution in [3.05, 3.63) is 42.1 Å². The lowest BCUT2D eigenvalue weighted by molar-refractivity contribution is -0.131. The first-order chi connectivity index (χ1) is 12.4. The summed E-state index contributed by atoms with van der Waals surface area (Å²) in [6, 6.07) is 9.60. The van der Waals surface area contributed by atoms with E-state index in [0.29, 0.717) is 18.6 Å². The number of nitrogens with zero attached hydrogens (tertiary/aromatic N) is 2. The Hall–Kier alpha value is -2.45. The second-order valence-electron chi connectivity index (χ2n) is 6.91. The molecule has 1 aliphatic rings. The fraction of sp³-hybridized carbons (Fsp3) is 0.389. The molecule has 7 nitrogen and oxygen atoms in total. The van der Waals surface area contributed by atoms with Crippen LogP contribution in [0.15, 0.2) is 41.7 Å². The van der Waals surface area contributed by atoms with Crippen molar-refractivity contribution in [3.63, 3.8) is 0 Å². The van der Waals surface area contributed by atoms with Crippen molar-refractivity contribution in [2.75, 3.05) is 0 Å². The molecular weight excluding hydrogens is 333 g/mol. The Bertz CT molecular complexity index is 825. The molecule has 3 N–H and O–H groups in total. The van der Waals surface area contributed by atoms with E-state index in [1.807, 2.05) is 44.2 Å². The summed E-state index contributed by atoms with van der Waals surface area (Å²) >= 11 is 0. The molecule has 0 bridgehead atoms. The molecule has 1 amide bonds. The summed E-state index contributed by atoms with van der Waals surface area (Å²) in [5.74, 6) is -0.920. The molecule has 8 heteroatoms. The summed E-state index contributed by atoms with van der Waals surface area (Å²) < 4.78 is 0. The van der Waals surface area contributed by atoms with Gasteiger partial charge >= 0.3 is 7.12 Å². The van der Waals surface area contributed by atoms with Crippen molar-refractivity contribution >= 4 is 29.6 Å². The maximum atomic E-state index is 12.4. The van der Waals surface area contributed by atoms with Gasteiger partial charge < -0.3 is 20.2 Å². The highest BCUT2D eigenvalue weighted by atomic mass is 16.6. The number of carbonyl (C=O) groups excluding carboxylic acids is 1. The molecule has 2 aromatic rings. The van der Waals surface area contributed by atoms with Crippen LogP contribution in [0.5, 0.6) is 0 Å². The van der Waals surface area contributed by atoms with Crippen LogP contribution >= 0.6 is 0 Å². The van der Waals surface area contributed by atoms with E-state index < -0.39 is 25.1 Å². The first kappa shape index (κ1) is 18.3. The van der Waals surface area contributed by atoms with Crippen molar-refractivity contribution in [2.24, 2.45) is 11.1 Å². The predicted molar refractivity (Wildman–Crippen MR) is 99.3 cm³/mol. The van der Waals surface area contributed by atoms with Gasteiger partial charge in [-0.05, 0) is 30.5 Å². The highest BCUT2D eigenvalue weighted by Gasteiger charge is 2.33. The number of pyridine rings is 1. The van der Waals surface area contributed by atoms with E-state index in [9.17, 15) is 14.8 Å². The van der Waals surface area contributed by atoms with Gasteiger partial charge in [0, 0.05) is 23.6 Å². The molecule has 0 fully saturated rings. The molecule has 0 spiro atoms. The minimum absolute atomic E-state index is 0.213. The zero-order chi connectivity index (χ0) is 18.7. The fourth-order valence-corrected chi connectivity index (χ4v) is 2.98. The normalized spacial score (nSPS) is 17.7. The average Bonchev–Trinajstić information content (AvgIpc) is 3.10. The molecule has 0 saturated carbocycles. The molecule has 2 atom stereocenters. The minimum atomic E-state index is -1.61. The molecule has 1 aromatic carbocycles. The average molecular weight is 355 g/mol. The van der Waals surface area contributed by atoms with Gasteiger partial charge in [0.25, 0.3) is 5.91 Å². The molecule has 2 heterocycles. The number of hydrogen-bond donors (Lipinski definition) is 3. The van der Waals surface area contributed by atoms with Crippen molar-refractivity contribution in [3.8, 4) is 0 Å². The van der Waals surface area contributed by atoms with Gasteiger partial charge in [-0.2, -0.15) is 0 Å². The van der Waals surface area contributed by atoms with Crippen LogP contribution in [0.2, 0.25) is 0 Å². The number of amides is 1. The van der Waals surface area contributed by atoms with Gasteiger partial charge in [0.15, 0.2) is 0 Å². The number of nitrogens with one attached hydrogen (secondary N) is 1. The quantitative estimate of drug-likeness (QED) is 0.677. The van der Waals surface area contributed by atoms with Crippen LogP contribution in [0.1, 0.15) is 32.3 Å². The second kappa shape index (κ2) is 7.84. The van der Waals surface area contributed by atoms with Gasteiger partial charge in [-0.25, -0.2) is 0 Å². The molecule has 3 rings (SSSR count). The largest absolute Gasteiger partial charge is 0.475 e. The Labute approximate surface area is 152 Å². The predicted octanol–water partition coefficient (Wildman–Crippen LogP) is 1.27. The zero-order valence-corrected chi connectivity index (χ0v) is 14.8. The maximum Gasteiger partial charge on any atom is 0.475 e. The number of rotatable bonds is 6. The van der Waals surface area contributed by atoms with E-state index in [4.69, 9.17) is 4.84 Å². The second-order valence-corrected chi connectivity index (χ2v) is 6.91. The maximum absolute atomic E-state index is 12.4. The number of hydrogen-bond acceptors (Lipinski definition) is 6. The number of benzene rings is 1. The Morgan fingerprint density at radius 3 is 2.92 bits per heavy atom. The van der Waals surface area contributed by atoms with Crippen molar-refractivity contribution in [2.45, 2.75) is 38.7 Å². The van der Waals surface area contributed by atoms with Crippen LogP contribution in [0, 0.1) is 5.92 Å². The van der Waals surface area contributed by atoms with Crippen LogP contribution in [-0.4, -0.2) is 45.8 Å². The SMILES string of the molecule is CC(C)CC(NC(=O)C1CC(c2ccc3ncccc3c2)=NO1)B(O)O. The first-order valence-electron chi connectivity index (χ1n) is 8.68. The third-order valence-corrected chi connectivity index (χ3v) is 4.31. The third-order valence-electron chi connectivity index (χ3n) is 4.31. The van der Waals surface area contributed by atoms with Gasteiger partial charge in [-0.3, -0.25) is 9.78 Å². The fourth-order valence-electron chi connectivity index (χ4n) is 2.98. The molecule has 0 aliphatic carbocycles. The molecule has 1 aromatic heterocycles. The van der Waals surface area contributed by atoms with Crippen molar-refractivity contribution in [1.29, 1.82) is 0 Å². The number of fused-ring (bicyclic) bond motifs is 1. The third kappa shape index (κ3) is 4.20. The molecule has 136 valence electrons. The van der Waals surface area contributed by atoms with Gasteiger partial charge in [0.1, 0.15) is 0 Å². The Balaban J connectivity index is 1.65. The summed E-state index contributed by atoms with van der Waals surface area (Å²) in [4.78, 5) is 21.9. The molecule has 2 unspecified atom stereocenters. The molecule has 26 heavy (non-hydrogen) atoms. The van der Waals surface area contributed by atoms with Gasteiger partial charge in [-0.15, -0.1) is 0 Å². The number of aromatic nitrogens is 1. The summed E-state index contributed by atoms with van der Waals surface area (Å²) in [5.41, 5.74) is 2.45. The van der Waals surface area contributed by atoms with E-state index in [1.54, 1.807) is 6.20 Å². The van der Waals surface area contributed by atoms with Crippen LogP contribution in [0.4, 0.5) is 0 Å². The molecule has 0 radical (unpaired) electrons. The van der Waals surface area contributed by atoms with E-state index >= 15 is 0 Å². The lowest BCUT2D eigenvalue weighted by atomic mass is 9.75. The van der Waals surface area contributed by atoms with Gasteiger partial charge in [-0.1, -0.05) is 31.1 Å². The van der Waals surface area contributed by atoms with Crippen LogP contribution in [0.3, 0.4) is 0 Å². The summed E-state index contributed by atoms with van der Waals surface area (Å²) in [6.45, 7) is 3.90. The summed E-state index contributed by atoms with van der Waals surface area (Å²) in [7, 11) is -1.61.